The molecule has 2 nitrogen and oxygen atoms in total. The van der Waals surface area contributed by atoms with Gasteiger partial charge in [0.25, 0.3) is 0 Å². The van der Waals surface area contributed by atoms with Crippen LogP contribution in [0.5, 0.6) is 0 Å². The number of benzene rings is 1. The molecule has 1 saturated carbocycles. The Morgan fingerprint density at radius 3 is 2.82 bits per heavy atom. The Kier molecular flexibility index (Phi) is 7.04. The van der Waals surface area contributed by atoms with E-state index < -0.39 is 0 Å². The Balaban J connectivity index is 1.77. The Morgan fingerprint density at radius 1 is 1.32 bits per heavy atom. The number of rotatable bonds is 6. The summed E-state index contributed by atoms with van der Waals surface area (Å²) in [6.45, 7) is 2.05. The standard InChI is InChI=1S/C19H27NOS/c1-15(11-12-16-7-4-3-5-8-16)13-19(21)20-17-9-6-10-18(14-17)22-2/h3-5,7-8,13,17-18H,6,9-12,14H2,1-2H3,(H,20,21)/b15-13-. The second-order valence-corrected chi connectivity index (χ2v) is 7.34. The Labute approximate surface area is 138 Å². The molecular formula is C19H27NOS. The maximum absolute atomic E-state index is 12.1. The molecule has 1 amide bonds. The lowest BCUT2D eigenvalue weighted by Gasteiger charge is -2.28. The summed E-state index contributed by atoms with van der Waals surface area (Å²) < 4.78 is 0. The van der Waals surface area contributed by atoms with Crippen LogP contribution in [-0.2, 0) is 11.2 Å². The lowest BCUT2D eigenvalue weighted by molar-refractivity contribution is -0.117. The number of hydrogen-bond donors (Lipinski definition) is 1. The molecule has 0 saturated heterocycles. The highest BCUT2D eigenvalue weighted by atomic mass is 32.2. The van der Waals surface area contributed by atoms with E-state index in [1.807, 2.05) is 24.8 Å². The van der Waals surface area contributed by atoms with Gasteiger partial charge in [0.2, 0.25) is 5.91 Å². The molecule has 1 aliphatic rings. The van der Waals surface area contributed by atoms with Crippen molar-refractivity contribution in [1.29, 1.82) is 0 Å². The van der Waals surface area contributed by atoms with Gasteiger partial charge in [-0.05, 0) is 50.8 Å². The van der Waals surface area contributed by atoms with Crippen molar-refractivity contribution >= 4 is 17.7 Å². The fraction of sp³-hybridized carbons (Fsp3) is 0.526. The zero-order valence-electron chi connectivity index (χ0n) is 13.7. The van der Waals surface area contributed by atoms with Gasteiger partial charge in [-0.25, -0.2) is 0 Å². The van der Waals surface area contributed by atoms with E-state index in [1.165, 1.54) is 18.4 Å². The molecule has 3 heteroatoms. The SMILES string of the molecule is CSC1CCCC(NC(=O)/C=C(/C)CCc2ccccc2)C1. The van der Waals surface area contributed by atoms with Crippen LogP contribution in [0.2, 0.25) is 0 Å². The Morgan fingerprint density at radius 2 is 2.09 bits per heavy atom. The minimum absolute atomic E-state index is 0.0808. The van der Waals surface area contributed by atoms with Crippen LogP contribution in [0.1, 0.15) is 44.6 Å². The normalized spacial score (nSPS) is 22.4. The number of aryl methyl sites for hydroxylation is 1. The first kappa shape index (κ1) is 17.1. The van der Waals surface area contributed by atoms with Crippen molar-refractivity contribution in [2.45, 2.75) is 56.7 Å². The average Bonchev–Trinajstić information content (AvgIpc) is 2.54. The van der Waals surface area contributed by atoms with Gasteiger partial charge in [0.05, 0.1) is 0 Å². The summed E-state index contributed by atoms with van der Waals surface area (Å²) in [5.41, 5.74) is 2.48. The van der Waals surface area contributed by atoms with E-state index in [1.54, 1.807) is 6.08 Å². The first-order chi connectivity index (χ1) is 10.7. The third kappa shape index (κ3) is 5.88. The van der Waals surface area contributed by atoms with Crippen LogP contribution in [0.25, 0.3) is 0 Å². The predicted octanol–water partition coefficient (Wildman–Crippen LogP) is 4.36. The summed E-state index contributed by atoms with van der Waals surface area (Å²) in [5.74, 6) is 0.0808. The van der Waals surface area contributed by atoms with E-state index in [0.29, 0.717) is 11.3 Å². The molecule has 120 valence electrons. The van der Waals surface area contributed by atoms with E-state index in [2.05, 4.69) is 35.8 Å². The maximum Gasteiger partial charge on any atom is 0.244 e. The first-order valence-corrected chi connectivity index (χ1v) is 9.50. The topological polar surface area (TPSA) is 29.1 Å². The molecule has 2 atom stereocenters. The molecule has 0 spiro atoms. The van der Waals surface area contributed by atoms with Crippen molar-refractivity contribution in [1.82, 2.24) is 5.32 Å². The fourth-order valence-electron chi connectivity index (χ4n) is 3.02. The second-order valence-electron chi connectivity index (χ2n) is 6.21. The van der Waals surface area contributed by atoms with Gasteiger partial charge in [-0.3, -0.25) is 4.79 Å². The molecule has 1 aromatic rings. The minimum atomic E-state index is 0.0808. The first-order valence-electron chi connectivity index (χ1n) is 8.21. The molecule has 0 aromatic heterocycles. The zero-order chi connectivity index (χ0) is 15.8. The van der Waals surface area contributed by atoms with Gasteiger partial charge >= 0.3 is 0 Å². The predicted molar refractivity (Wildman–Crippen MR) is 96.2 cm³/mol. The quantitative estimate of drug-likeness (QED) is 0.790. The van der Waals surface area contributed by atoms with E-state index in [9.17, 15) is 4.79 Å². The lowest BCUT2D eigenvalue weighted by atomic mass is 9.95. The highest BCUT2D eigenvalue weighted by Gasteiger charge is 2.21. The molecule has 1 fully saturated rings. The van der Waals surface area contributed by atoms with Gasteiger partial charge in [-0.1, -0.05) is 42.3 Å². The van der Waals surface area contributed by atoms with Crippen LogP contribution in [-0.4, -0.2) is 23.5 Å². The van der Waals surface area contributed by atoms with Gasteiger partial charge in [-0.2, -0.15) is 11.8 Å². The van der Waals surface area contributed by atoms with Crippen molar-refractivity contribution in [2.24, 2.45) is 0 Å². The van der Waals surface area contributed by atoms with Crippen LogP contribution in [0, 0.1) is 0 Å². The Bertz CT molecular complexity index is 497. The van der Waals surface area contributed by atoms with Crippen LogP contribution < -0.4 is 5.32 Å². The van der Waals surface area contributed by atoms with Gasteiger partial charge in [-0.15, -0.1) is 0 Å². The zero-order valence-corrected chi connectivity index (χ0v) is 14.5. The summed E-state index contributed by atoms with van der Waals surface area (Å²) in [6, 6.07) is 10.8. The number of amides is 1. The number of carbonyl (C=O) groups is 1. The van der Waals surface area contributed by atoms with Gasteiger partial charge in [0, 0.05) is 17.4 Å². The highest BCUT2D eigenvalue weighted by Crippen LogP contribution is 2.26. The summed E-state index contributed by atoms with van der Waals surface area (Å²) in [6.07, 6.45) is 10.6. The van der Waals surface area contributed by atoms with E-state index >= 15 is 0 Å². The van der Waals surface area contributed by atoms with Crippen molar-refractivity contribution in [2.75, 3.05) is 6.26 Å². The minimum Gasteiger partial charge on any atom is -0.350 e. The van der Waals surface area contributed by atoms with E-state index in [-0.39, 0.29) is 5.91 Å². The number of carbonyl (C=O) groups excluding carboxylic acids is 1. The monoisotopic (exact) mass is 317 g/mol. The van der Waals surface area contributed by atoms with Crippen molar-refractivity contribution in [3.05, 3.63) is 47.5 Å². The van der Waals surface area contributed by atoms with Crippen LogP contribution in [0.4, 0.5) is 0 Å². The number of thioether (sulfide) groups is 1. The Hall–Kier alpha value is -1.22. The average molecular weight is 317 g/mol. The molecule has 0 bridgehead atoms. The molecular weight excluding hydrogens is 290 g/mol. The molecule has 2 unspecified atom stereocenters. The summed E-state index contributed by atoms with van der Waals surface area (Å²) >= 11 is 1.93. The summed E-state index contributed by atoms with van der Waals surface area (Å²) in [5, 5.41) is 3.89. The fourth-order valence-corrected chi connectivity index (χ4v) is 3.84. The van der Waals surface area contributed by atoms with Crippen molar-refractivity contribution in [3.8, 4) is 0 Å². The molecule has 1 N–H and O–H groups in total. The van der Waals surface area contributed by atoms with Gasteiger partial charge < -0.3 is 5.32 Å². The largest absolute Gasteiger partial charge is 0.350 e. The lowest BCUT2D eigenvalue weighted by Crippen LogP contribution is -2.38. The molecule has 0 aliphatic heterocycles. The van der Waals surface area contributed by atoms with E-state index in [4.69, 9.17) is 0 Å². The molecule has 22 heavy (non-hydrogen) atoms. The smallest absolute Gasteiger partial charge is 0.244 e. The van der Waals surface area contributed by atoms with E-state index in [0.717, 1.165) is 31.3 Å². The second kappa shape index (κ2) is 9.04. The maximum atomic E-state index is 12.1. The van der Waals surface area contributed by atoms with Crippen molar-refractivity contribution < 1.29 is 4.79 Å². The molecule has 2 rings (SSSR count). The van der Waals surface area contributed by atoms with Gasteiger partial charge in [0.15, 0.2) is 0 Å². The molecule has 0 heterocycles. The third-order valence-corrected chi connectivity index (χ3v) is 5.43. The highest BCUT2D eigenvalue weighted by molar-refractivity contribution is 7.99. The van der Waals surface area contributed by atoms with Gasteiger partial charge in [0.1, 0.15) is 0 Å². The number of allylic oxidation sites excluding steroid dienone is 1. The summed E-state index contributed by atoms with van der Waals surface area (Å²) in [4.78, 5) is 12.1. The molecule has 0 radical (unpaired) electrons. The van der Waals surface area contributed by atoms with Crippen LogP contribution in [0.15, 0.2) is 42.0 Å². The van der Waals surface area contributed by atoms with Crippen LogP contribution >= 0.6 is 11.8 Å². The molecule has 1 aromatic carbocycles. The third-order valence-electron chi connectivity index (χ3n) is 4.33. The molecule has 1 aliphatic carbocycles. The van der Waals surface area contributed by atoms with Crippen LogP contribution in [0.3, 0.4) is 0 Å². The number of hydrogen-bond acceptors (Lipinski definition) is 2. The van der Waals surface area contributed by atoms with Crippen molar-refractivity contribution in [3.63, 3.8) is 0 Å². The number of nitrogens with one attached hydrogen (secondary N) is 1. The summed E-state index contributed by atoms with van der Waals surface area (Å²) in [7, 11) is 0.